The van der Waals surface area contributed by atoms with E-state index in [0.29, 0.717) is 0 Å². The van der Waals surface area contributed by atoms with Crippen LogP contribution in [0.4, 0.5) is 0 Å². The number of allylic oxidation sites excluding steroid dienone is 4. The fraction of sp³-hybridized carbons (Fsp3) is 0.0323. The van der Waals surface area contributed by atoms with E-state index >= 15 is 0 Å². The SMILES string of the molecule is C1=CCC(c2c3c(ccc2=C(c2ccccc2)c2ccccc2)=c2ccccc2=C3)=C1. The summed E-state index contributed by atoms with van der Waals surface area (Å²) in [5.74, 6) is 0. The topological polar surface area (TPSA) is 0 Å². The zero-order chi connectivity index (χ0) is 20.6. The molecule has 0 fully saturated rings. The molecule has 2 aliphatic rings. The number of fused-ring (bicyclic) bond motifs is 2. The highest BCUT2D eigenvalue weighted by atomic mass is 14.2. The van der Waals surface area contributed by atoms with Gasteiger partial charge in [-0.25, -0.2) is 0 Å². The molecular weight excluding hydrogens is 372 g/mol. The molecule has 0 amide bonds. The fourth-order valence-corrected chi connectivity index (χ4v) is 4.90. The molecule has 146 valence electrons. The summed E-state index contributed by atoms with van der Waals surface area (Å²) in [6.07, 6.45) is 10.1. The van der Waals surface area contributed by atoms with Gasteiger partial charge in [-0.1, -0.05) is 115 Å². The highest BCUT2D eigenvalue weighted by Gasteiger charge is 2.17. The van der Waals surface area contributed by atoms with Gasteiger partial charge in [-0.2, -0.15) is 0 Å². The Morgan fingerprint density at radius 1 is 0.613 bits per heavy atom. The lowest BCUT2D eigenvalue weighted by molar-refractivity contribution is 1.35. The largest absolute Gasteiger partial charge is 0.0801 e. The van der Waals surface area contributed by atoms with Crippen molar-refractivity contribution in [3.8, 4) is 0 Å². The normalized spacial score (nSPS) is 13.4. The Kier molecular flexibility index (Phi) is 4.28. The summed E-state index contributed by atoms with van der Waals surface area (Å²) >= 11 is 0. The molecule has 0 nitrogen and oxygen atoms in total. The standard InChI is InChI=1S/C31H22/c1-3-11-22(12-4-1)30(23-13-5-2-6-14-23)28-20-19-27-26-18-10-9-17-25(26)21-29(27)31(28)24-15-7-8-16-24/h1-15,17-21H,16H2. The van der Waals surface area contributed by atoms with Gasteiger partial charge in [0.25, 0.3) is 0 Å². The van der Waals surface area contributed by atoms with Crippen molar-refractivity contribution in [3.05, 3.63) is 158 Å². The Morgan fingerprint density at radius 2 is 1.29 bits per heavy atom. The second-order valence-corrected chi connectivity index (χ2v) is 8.11. The zero-order valence-corrected chi connectivity index (χ0v) is 17.3. The Labute approximate surface area is 182 Å². The number of hydrogen-bond acceptors (Lipinski definition) is 0. The molecule has 0 heterocycles. The highest BCUT2D eigenvalue weighted by molar-refractivity contribution is 5.86. The van der Waals surface area contributed by atoms with Crippen molar-refractivity contribution < 1.29 is 0 Å². The minimum absolute atomic E-state index is 0.977. The van der Waals surface area contributed by atoms with Crippen molar-refractivity contribution in [2.45, 2.75) is 6.42 Å². The van der Waals surface area contributed by atoms with E-state index in [9.17, 15) is 0 Å². The average molecular weight is 395 g/mol. The summed E-state index contributed by atoms with van der Waals surface area (Å²) in [6.45, 7) is 0. The first-order chi connectivity index (χ1) is 15.4. The Hall–Kier alpha value is -3.90. The molecule has 0 heteroatoms. The maximum absolute atomic E-state index is 2.37. The average Bonchev–Trinajstić information content (AvgIpc) is 3.49. The van der Waals surface area contributed by atoms with Crippen LogP contribution >= 0.6 is 0 Å². The summed E-state index contributed by atoms with van der Waals surface area (Å²) in [7, 11) is 0. The van der Waals surface area contributed by atoms with Gasteiger partial charge >= 0.3 is 0 Å². The smallest absolute Gasteiger partial charge is 0.00325 e. The number of hydrogen-bond donors (Lipinski definition) is 0. The molecule has 0 bridgehead atoms. The van der Waals surface area contributed by atoms with E-state index in [1.165, 1.54) is 54.3 Å². The molecule has 0 saturated heterocycles. The van der Waals surface area contributed by atoms with E-state index in [2.05, 4.69) is 121 Å². The van der Waals surface area contributed by atoms with Gasteiger partial charge in [-0.15, -0.1) is 0 Å². The van der Waals surface area contributed by atoms with Crippen LogP contribution in [0.15, 0.2) is 115 Å². The summed E-state index contributed by atoms with van der Waals surface area (Å²) in [5, 5.41) is 5.28. The second kappa shape index (κ2) is 7.41. The first kappa shape index (κ1) is 17.9. The van der Waals surface area contributed by atoms with Crippen LogP contribution in [0.25, 0.3) is 17.2 Å². The minimum Gasteiger partial charge on any atom is -0.0801 e. The van der Waals surface area contributed by atoms with Gasteiger partial charge in [0.1, 0.15) is 0 Å². The van der Waals surface area contributed by atoms with E-state index in [1.807, 2.05) is 0 Å². The summed E-state index contributed by atoms with van der Waals surface area (Å²) in [6, 6.07) is 34.9. The van der Waals surface area contributed by atoms with E-state index in [0.717, 1.165) is 6.42 Å². The molecular formula is C31H22. The maximum Gasteiger partial charge on any atom is -0.00325 e. The van der Waals surface area contributed by atoms with Crippen LogP contribution in [0.3, 0.4) is 0 Å². The van der Waals surface area contributed by atoms with Crippen LogP contribution in [-0.2, 0) is 0 Å². The van der Waals surface area contributed by atoms with Crippen molar-refractivity contribution in [1.29, 1.82) is 0 Å². The van der Waals surface area contributed by atoms with Crippen LogP contribution in [0.1, 0.15) is 28.7 Å². The molecule has 0 spiro atoms. The van der Waals surface area contributed by atoms with Crippen molar-refractivity contribution in [1.82, 2.24) is 0 Å². The highest BCUT2D eigenvalue weighted by Crippen LogP contribution is 2.29. The maximum atomic E-state index is 2.37. The molecule has 0 N–H and O–H groups in total. The lowest BCUT2D eigenvalue weighted by atomic mass is 9.88. The lowest BCUT2D eigenvalue weighted by Crippen LogP contribution is -2.16. The van der Waals surface area contributed by atoms with Gasteiger partial charge in [0.2, 0.25) is 0 Å². The first-order valence-electron chi connectivity index (χ1n) is 10.9. The second-order valence-electron chi connectivity index (χ2n) is 8.11. The third-order valence-electron chi connectivity index (χ3n) is 6.28. The fourth-order valence-electron chi connectivity index (χ4n) is 4.90. The molecule has 6 rings (SSSR count). The molecule has 0 aliphatic heterocycles. The molecule has 0 radical (unpaired) electrons. The van der Waals surface area contributed by atoms with Crippen molar-refractivity contribution in [2.24, 2.45) is 0 Å². The predicted molar refractivity (Wildman–Crippen MR) is 130 cm³/mol. The van der Waals surface area contributed by atoms with E-state index in [1.54, 1.807) is 0 Å². The van der Waals surface area contributed by atoms with Gasteiger partial charge in [0, 0.05) is 0 Å². The van der Waals surface area contributed by atoms with Crippen molar-refractivity contribution in [3.63, 3.8) is 0 Å². The van der Waals surface area contributed by atoms with E-state index < -0.39 is 0 Å². The molecule has 0 aromatic heterocycles. The van der Waals surface area contributed by atoms with Crippen LogP contribution < -0.4 is 10.4 Å². The predicted octanol–water partition coefficient (Wildman–Crippen LogP) is 5.71. The first-order valence-corrected chi connectivity index (χ1v) is 10.9. The third-order valence-corrected chi connectivity index (χ3v) is 6.28. The van der Waals surface area contributed by atoms with Crippen LogP contribution in [0, 0.1) is 10.4 Å². The number of rotatable bonds is 3. The molecule has 4 aromatic carbocycles. The minimum atomic E-state index is 0.977. The van der Waals surface area contributed by atoms with Gasteiger partial charge in [0.05, 0.1) is 0 Å². The Balaban J connectivity index is 1.81. The van der Waals surface area contributed by atoms with Crippen LogP contribution in [-0.4, -0.2) is 0 Å². The lowest BCUT2D eigenvalue weighted by Gasteiger charge is -2.15. The molecule has 0 atom stereocenters. The van der Waals surface area contributed by atoms with Gasteiger partial charge in [-0.3, -0.25) is 0 Å². The van der Waals surface area contributed by atoms with Crippen molar-refractivity contribution in [2.75, 3.05) is 0 Å². The summed E-state index contributed by atoms with van der Waals surface area (Å²) < 4.78 is 0. The monoisotopic (exact) mass is 394 g/mol. The van der Waals surface area contributed by atoms with Crippen molar-refractivity contribution >= 4 is 17.2 Å². The molecule has 4 aromatic rings. The quantitative estimate of drug-likeness (QED) is 0.368. The molecule has 0 saturated carbocycles. The summed E-state index contributed by atoms with van der Waals surface area (Å²) in [4.78, 5) is 0. The molecule has 0 unspecified atom stereocenters. The number of benzene rings is 4. The van der Waals surface area contributed by atoms with Crippen LogP contribution in [0.2, 0.25) is 0 Å². The zero-order valence-electron chi connectivity index (χ0n) is 17.3. The van der Waals surface area contributed by atoms with Gasteiger partial charge < -0.3 is 0 Å². The third kappa shape index (κ3) is 3.00. The molecule has 31 heavy (non-hydrogen) atoms. The van der Waals surface area contributed by atoms with E-state index in [-0.39, 0.29) is 0 Å². The van der Waals surface area contributed by atoms with Gasteiger partial charge in [0.15, 0.2) is 0 Å². The molecule has 2 aliphatic carbocycles. The van der Waals surface area contributed by atoms with Crippen LogP contribution in [0.5, 0.6) is 0 Å². The Bertz CT molecular complexity index is 1530. The Morgan fingerprint density at radius 3 is 1.97 bits per heavy atom. The van der Waals surface area contributed by atoms with E-state index in [4.69, 9.17) is 0 Å². The summed E-state index contributed by atoms with van der Waals surface area (Å²) in [5.41, 5.74) is 7.88. The van der Waals surface area contributed by atoms with Gasteiger partial charge in [-0.05, 0) is 66.8 Å².